The van der Waals surface area contributed by atoms with Gasteiger partial charge in [-0.05, 0) is 48.7 Å². The Balaban J connectivity index is 1.64. The van der Waals surface area contributed by atoms with Gasteiger partial charge in [-0.15, -0.1) is 10.2 Å². The monoisotopic (exact) mass is 418 g/mol. The van der Waals surface area contributed by atoms with Crippen LogP contribution >= 0.6 is 27.7 Å². The van der Waals surface area contributed by atoms with Crippen LogP contribution in [0.5, 0.6) is 5.75 Å². The summed E-state index contributed by atoms with van der Waals surface area (Å²) in [6.45, 7) is 4.37. The lowest BCUT2D eigenvalue weighted by Gasteiger charge is -2.08. The van der Waals surface area contributed by atoms with E-state index in [-0.39, 0.29) is 6.61 Å². The number of ether oxygens (including phenoxy) is 1. The lowest BCUT2D eigenvalue weighted by atomic mass is 10.1. The highest BCUT2D eigenvalue weighted by Gasteiger charge is 2.12. The highest BCUT2D eigenvalue weighted by atomic mass is 79.9. The smallest absolute Gasteiger partial charge is 0.210 e. The molecule has 3 rings (SSSR count). The molecule has 0 aliphatic heterocycles. The average molecular weight is 419 g/mol. The van der Waals surface area contributed by atoms with E-state index in [9.17, 15) is 0 Å². The zero-order valence-corrected chi connectivity index (χ0v) is 16.5. The van der Waals surface area contributed by atoms with Crippen LogP contribution in [0.1, 0.15) is 22.5 Å². The normalized spacial score (nSPS) is 10.8. The van der Waals surface area contributed by atoms with E-state index in [1.165, 1.54) is 10.2 Å². The van der Waals surface area contributed by atoms with E-state index in [0.29, 0.717) is 11.0 Å². The molecule has 0 radical (unpaired) electrons. The number of aryl methyl sites for hydroxylation is 2. The fourth-order valence-corrected chi connectivity index (χ4v) is 3.92. The van der Waals surface area contributed by atoms with Gasteiger partial charge >= 0.3 is 0 Å². The Morgan fingerprint density at radius 2 is 1.84 bits per heavy atom. The first-order valence-electron chi connectivity index (χ1n) is 7.79. The number of hydrogen-bond donors (Lipinski definition) is 1. The molecular formula is C18H19BrN4OS. The molecule has 0 fully saturated rings. The predicted molar refractivity (Wildman–Crippen MR) is 104 cm³/mol. The van der Waals surface area contributed by atoms with Gasteiger partial charge in [0.05, 0.1) is 0 Å². The SMILES string of the molecule is Cc1cc(C)cc(OCc2nnc(SCc3ccccc3Br)n2N)c1. The second-order valence-electron chi connectivity index (χ2n) is 5.76. The van der Waals surface area contributed by atoms with Gasteiger partial charge in [-0.25, -0.2) is 4.68 Å². The zero-order valence-electron chi connectivity index (χ0n) is 14.1. The van der Waals surface area contributed by atoms with E-state index in [2.05, 4.69) is 38.3 Å². The molecule has 0 bridgehead atoms. The molecule has 0 saturated heterocycles. The van der Waals surface area contributed by atoms with Crippen molar-refractivity contribution >= 4 is 27.7 Å². The van der Waals surface area contributed by atoms with E-state index < -0.39 is 0 Å². The van der Waals surface area contributed by atoms with Crippen molar-refractivity contribution in [2.45, 2.75) is 31.4 Å². The van der Waals surface area contributed by atoms with Crippen LogP contribution in [0.15, 0.2) is 52.1 Å². The van der Waals surface area contributed by atoms with Crippen LogP contribution in [-0.2, 0) is 12.4 Å². The van der Waals surface area contributed by atoms with Gasteiger partial charge in [0.15, 0.2) is 5.82 Å². The van der Waals surface area contributed by atoms with Crippen LogP contribution in [0.2, 0.25) is 0 Å². The van der Waals surface area contributed by atoms with Crippen molar-refractivity contribution in [3.8, 4) is 5.75 Å². The molecule has 3 aromatic rings. The molecule has 0 atom stereocenters. The van der Waals surface area contributed by atoms with E-state index in [4.69, 9.17) is 10.6 Å². The first-order valence-corrected chi connectivity index (χ1v) is 9.57. The third-order valence-electron chi connectivity index (χ3n) is 3.61. The van der Waals surface area contributed by atoms with Crippen LogP contribution < -0.4 is 10.6 Å². The molecule has 0 spiro atoms. The lowest BCUT2D eigenvalue weighted by molar-refractivity contribution is 0.291. The van der Waals surface area contributed by atoms with Crippen LogP contribution in [0.3, 0.4) is 0 Å². The maximum absolute atomic E-state index is 6.11. The molecule has 0 saturated carbocycles. The minimum atomic E-state index is 0.280. The number of hydrogen-bond acceptors (Lipinski definition) is 5. The highest BCUT2D eigenvalue weighted by Crippen LogP contribution is 2.25. The minimum absolute atomic E-state index is 0.280. The van der Waals surface area contributed by atoms with Gasteiger partial charge in [0, 0.05) is 10.2 Å². The second-order valence-corrected chi connectivity index (χ2v) is 7.56. The van der Waals surface area contributed by atoms with E-state index in [1.54, 1.807) is 11.8 Å². The Kier molecular flexibility index (Phi) is 5.65. The Labute approximate surface area is 159 Å². The van der Waals surface area contributed by atoms with Gasteiger partial charge in [-0.3, -0.25) is 0 Å². The van der Waals surface area contributed by atoms with Crippen LogP contribution in [-0.4, -0.2) is 14.9 Å². The molecule has 2 N–H and O–H groups in total. The van der Waals surface area contributed by atoms with E-state index >= 15 is 0 Å². The molecule has 0 unspecified atom stereocenters. The number of nitrogens with zero attached hydrogens (tertiary/aromatic N) is 3. The Hall–Kier alpha value is -1.99. The van der Waals surface area contributed by atoms with Gasteiger partial charge in [-0.2, -0.15) is 0 Å². The molecule has 130 valence electrons. The third kappa shape index (κ3) is 4.55. The maximum atomic E-state index is 6.11. The van der Waals surface area contributed by atoms with E-state index in [1.807, 2.05) is 44.2 Å². The number of rotatable bonds is 6. The maximum Gasteiger partial charge on any atom is 0.210 e. The molecule has 0 aliphatic carbocycles. The summed E-state index contributed by atoms with van der Waals surface area (Å²) in [6, 6.07) is 14.2. The molecule has 7 heteroatoms. The molecule has 1 aromatic heterocycles. The summed E-state index contributed by atoms with van der Waals surface area (Å²) in [5, 5.41) is 8.97. The molecule has 0 aliphatic rings. The number of halogens is 1. The fraction of sp³-hybridized carbons (Fsp3) is 0.222. The van der Waals surface area contributed by atoms with Crippen LogP contribution in [0, 0.1) is 13.8 Å². The summed E-state index contributed by atoms with van der Waals surface area (Å²) in [4.78, 5) is 0. The van der Waals surface area contributed by atoms with Gasteiger partial charge in [-0.1, -0.05) is 52.0 Å². The Morgan fingerprint density at radius 3 is 2.56 bits per heavy atom. The van der Waals surface area contributed by atoms with Crippen molar-refractivity contribution in [1.29, 1.82) is 0 Å². The van der Waals surface area contributed by atoms with Crippen molar-refractivity contribution in [2.75, 3.05) is 5.84 Å². The van der Waals surface area contributed by atoms with Crippen molar-refractivity contribution in [3.05, 3.63) is 69.5 Å². The van der Waals surface area contributed by atoms with Crippen molar-refractivity contribution in [2.24, 2.45) is 0 Å². The molecule has 2 aromatic carbocycles. The van der Waals surface area contributed by atoms with Crippen molar-refractivity contribution in [3.63, 3.8) is 0 Å². The molecule has 1 heterocycles. The highest BCUT2D eigenvalue weighted by molar-refractivity contribution is 9.10. The largest absolute Gasteiger partial charge is 0.486 e. The van der Waals surface area contributed by atoms with Gasteiger partial charge in [0.2, 0.25) is 5.16 Å². The molecule has 5 nitrogen and oxygen atoms in total. The Bertz CT molecular complexity index is 861. The van der Waals surface area contributed by atoms with Crippen molar-refractivity contribution in [1.82, 2.24) is 14.9 Å². The fourth-order valence-electron chi connectivity index (χ4n) is 2.43. The molecule has 25 heavy (non-hydrogen) atoms. The number of benzene rings is 2. The standard InChI is InChI=1S/C18H19BrN4OS/c1-12-7-13(2)9-15(8-12)24-10-17-21-22-18(23(17)20)25-11-14-5-3-4-6-16(14)19/h3-9H,10-11,20H2,1-2H3. The molecular weight excluding hydrogens is 400 g/mol. The Morgan fingerprint density at radius 1 is 1.12 bits per heavy atom. The minimum Gasteiger partial charge on any atom is -0.486 e. The summed E-state index contributed by atoms with van der Waals surface area (Å²) in [5.74, 6) is 8.27. The predicted octanol–water partition coefficient (Wildman–Crippen LogP) is 4.24. The zero-order chi connectivity index (χ0) is 17.8. The van der Waals surface area contributed by atoms with Gasteiger partial charge in [0.1, 0.15) is 12.4 Å². The number of thioether (sulfide) groups is 1. The van der Waals surface area contributed by atoms with Crippen LogP contribution in [0.4, 0.5) is 0 Å². The first-order chi connectivity index (χ1) is 12.0. The average Bonchev–Trinajstić information content (AvgIpc) is 2.91. The molecule has 0 amide bonds. The van der Waals surface area contributed by atoms with Crippen LogP contribution in [0.25, 0.3) is 0 Å². The number of nitrogens with two attached hydrogens (primary N) is 1. The third-order valence-corrected chi connectivity index (χ3v) is 5.38. The number of nitrogen functional groups attached to an aromatic ring is 1. The summed E-state index contributed by atoms with van der Waals surface area (Å²) < 4.78 is 8.37. The summed E-state index contributed by atoms with van der Waals surface area (Å²) >= 11 is 5.09. The van der Waals surface area contributed by atoms with Crippen molar-refractivity contribution < 1.29 is 4.74 Å². The summed E-state index contributed by atoms with van der Waals surface area (Å²) in [5.41, 5.74) is 3.51. The summed E-state index contributed by atoms with van der Waals surface area (Å²) in [6.07, 6.45) is 0. The second kappa shape index (κ2) is 7.93. The number of aromatic nitrogens is 3. The van der Waals surface area contributed by atoms with Gasteiger partial charge in [0.25, 0.3) is 0 Å². The quantitative estimate of drug-likeness (QED) is 0.478. The van der Waals surface area contributed by atoms with Gasteiger partial charge < -0.3 is 10.6 Å². The summed E-state index contributed by atoms with van der Waals surface area (Å²) in [7, 11) is 0. The van der Waals surface area contributed by atoms with E-state index in [0.717, 1.165) is 27.1 Å². The first kappa shape index (κ1) is 17.8. The topological polar surface area (TPSA) is 66.0 Å². The lowest BCUT2D eigenvalue weighted by Crippen LogP contribution is -2.15.